The summed E-state index contributed by atoms with van der Waals surface area (Å²) >= 11 is 0. The second-order valence-electron chi connectivity index (χ2n) is 6.94. The van der Waals surface area contributed by atoms with Gasteiger partial charge in [-0.2, -0.15) is 0 Å². The molecule has 3 heterocycles. The van der Waals surface area contributed by atoms with Gasteiger partial charge in [0.05, 0.1) is 18.8 Å². The molecule has 1 saturated heterocycles. The Morgan fingerprint density at radius 3 is 2.67 bits per heavy atom. The minimum atomic E-state index is -0.0509. The molecule has 5 heteroatoms. The van der Waals surface area contributed by atoms with E-state index >= 15 is 0 Å². The number of hydrogen-bond acceptors (Lipinski definition) is 5. The lowest BCUT2D eigenvalue weighted by atomic mass is 10.1. The first kappa shape index (κ1) is 17.6. The third-order valence-corrected chi connectivity index (χ3v) is 4.73. The number of aromatic nitrogens is 3. The van der Waals surface area contributed by atoms with E-state index in [1.807, 2.05) is 26.0 Å². The number of nitrogens with zero attached hydrogens (tertiary/aromatic N) is 4. The van der Waals surface area contributed by atoms with Crippen molar-refractivity contribution < 1.29 is 4.74 Å². The highest BCUT2D eigenvalue weighted by molar-refractivity contribution is 5.40. The van der Waals surface area contributed by atoms with Gasteiger partial charge in [0.1, 0.15) is 17.7 Å². The van der Waals surface area contributed by atoms with Crippen LogP contribution in [0.3, 0.4) is 0 Å². The maximum atomic E-state index is 6.03. The number of rotatable bonds is 4. The van der Waals surface area contributed by atoms with Crippen LogP contribution in [0.2, 0.25) is 0 Å². The topological polar surface area (TPSA) is 51.1 Å². The van der Waals surface area contributed by atoms with Crippen molar-refractivity contribution in [1.29, 1.82) is 0 Å². The van der Waals surface area contributed by atoms with Crippen molar-refractivity contribution >= 4 is 5.82 Å². The van der Waals surface area contributed by atoms with Crippen molar-refractivity contribution in [3.05, 3.63) is 83.1 Å². The van der Waals surface area contributed by atoms with Crippen molar-refractivity contribution in [2.75, 3.05) is 24.6 Å². The van der Waals surface area contributed by atoms with Crippen LogP contribution in [0.1, 0.15) is 34.6 Å². The molecule has 0 amide bonds. The first-order valence-electron chi connectivity index (χ1n) is 9.36. The van der Waals surface area contributed by atoms with Crippen LogP contribution in [0.5, 0.6) is 0 Å². The molecule has 5 nitrogen and oxygen atoms in total. The Kier molecular flexibility index (Phi) is 5.12. The van der Waals surface area contributed by atoms with Gasteiger partial charge in [-0.25, -0.2) is 9.97 Å². The van der Waals surface area contributed by atoms with E-state index in [1.165, 1.54) is 5.56 Å². The Hall–Kier alpha value is -2.79. The minimum Gasteiger partial charge on any atom is -0.368 e. The standard InChI is InChI=1S/C22H24N4O/c1-16-13-22(24-17(2)23-16)26-11-12-27-21(15-26)20-10-6-9-19(25-20)14-18-7-4-3-5-8-18/h3-10,13,21H,11-12,14-15H2,1-2H3. The van der Waals surface area contributed by atoms with Gasteiger partial charge in [-0.05, 0) is 31.5 Å². The second kappa shape index (κ2) is 7.84. The summed E-state index contributed by atoms with van der Waals surface area (Å²) in [6.07, 6.45) is 0.778. The smallest absolute Gasteiger partial charge is 0.132 e. The number of hydrogen-bond donors (Lipinski definition) is 0. The average Bonchev–Trinajstić information content (AvgIpc) is 2.68. The van der Waals surface area contributed by atoms with Crippen LogP contribution in [0.15, 0.2) is 54.6 Å². The number of benzene rings is 1. The van der Waals surface area contributed by atoms with Gasteiger partial charge in [0, 0.05) is 30.4 Å². The molecule has 27 heavy (non-hydrogen) atoms. The quantitative estimate of drug-likeness (QED) is 0.711. The van der Waals surface area contributed by atoms with E-state index in [9.17, 15) is 0 Å². The summed E-state index contributed by atoms with van der Waals surface area (Å²) in [7, 11) is 0. The van der Waals surface area contributed by atoms with E-state index < -0.39 is 0 Å². The lowest BCUT2D eigenvalue weighted by Gasteiger charge is -2.33. The fourth-order valence-corrected chi connectivity index (χ4v) is 3.48. The van der Waals surface area contributed by atoms with Gasteiger partial charge in [-0.15, -0.1) is 0 Å². The predicted molar refractivity (Wildman–Crippen MR) is 106 cm³/mol. The van der Waals surface area contributed by atoms with Crippen molar-refractivity contribution in [1.82, 2.24) is 15.0 Å². The summed E-state index contributed by atoms with van der Waals surface area (Å²) in [6.45, 7) is 6.18. The third kappa shape index (κ3) is 4.31. The van der Waals surface area contributed by atoms with Gasteiger partial charge >= 0.3 is 0 Å². The minimum absolute atomic E-state index is 0.0509. The molecular formula is C22H24N4O. The Bertz CT molecular complexity index is 893. The normalized spacial score (nSPS) is 17.1. The summed E-state index contributed by atoms with van der Waals surface area (Å²) in [6, 6.07) is 18.7. The highest BCUT2D eigenvalue weighted by atomic mass is 16.5. The highest BCUT2D eigenvalue weighted by Gasteiger charge is 2.24. The van der Waals surface area contributed by atoms with E-state index in [4.69, 9.17) is 9.72 Å². The van der Waals surface area contributed by atoms with Gasteiger partial charge in [0.25, 0.3) is 0 Å². The zero-order valence-electron chi connectivity index (χ0n) is 15.8. The van der Waals surface area contributed by atoms with E-state index in [0.717, 1.165) is 48.2 Å². The molecular weight excluding hydrogens is 336 g/mol. The molecule has 0 spiro atoms. The molecule has 0 aliphatic carbocycles. The van der Waals surface area contributed by atoms with Crippen molar-refractivity contribution in [3.63, 3.8) is 0 Å². The van der Waals surface area contributed by atoms with Crippen LogP contribution in [-0.2, 0) is 11.2 Å². The van der Waals surface area contributed by atoms with E-state index in [-0.39, 0.29) is 6.10 Å². The number of pyridine rings is 1. The zero-order chi connectivity index (χ0) is 18.6. The second-order valence-corrected chi connectivity index (χ2v) is 6.94. The van der Waals surface area contributed by atoms with Crippen LogP contribution in [0.25, 0.3) is 0 Å². The summed E-state index contributed by atoms with van der Waals surface area (Å²) in [5.41, 5.74) is 4.30. The Morgan fingerprint density at radius 2 is 1.85 bits per heavy atom. The van der Waals surface area contributed by atoms with Crippen molar-refractivity contribution in [2.24, 2.45) is 0 Å². The van der Waals surface area contributed by atoms with E-state index in [1.54, 1.807) is 0 Å². The molecule has 1 unspecified atom stereocenters. The van der Waals surface area contributed by atoms with Gasteiger partial charge in [-0.1, -0.05) is 36.4 Å². The van der Waals surface area contributed by atoms with Gasteiger partial charge in [-0.3, -0.25) is 4.98 Å². The molecule has 1 aromatic carbocycles. The van der Waals surface area contributed by atoms with E-state index in [0.29, 0.717) is 6.61 Å². The van der Waals surface area contributed by atoms with Crippen LogP contribution in [0.4, 0.5) is 5.82 Å². The first-order valence-corrected chi connectivity index (χ1v) is 9.36. The molecule has 138 valence electrons. The monoisotopic (exact) mass is 360 g/mol. The molecule has 0 N–H and O–H groups in total. The number of morpholine rings is 1. The summed E-state index contributed by atoms with van der Waals surface area (Å²) < 4.78 is 6.03. The van der Waals surface area contributed by atoms with Gasteiger partial charge in [0.2, 0.25) is 0 Å². The molecule has 3 aromatic rings. The molecule has 1 aliphatic rings. The molecule has 4 rings (SSSR count). The van der Waals surface area contributed by atoms with E-state index in [2.05, 4.69) is 57.3 Å². The van der Waals surface area contributed by atoms with Crippen LogP contribution < -0.4 is 4.90 Å². The van der Waals surface area contributed by atoms with Crippen LogP contribution in [0, 0.1) is 13.8 Å². The number of aryl methyl sites for hydroxylation is 2. The maximum Gasteiger partial charge on any atom is 0.132 e. The molecule has 0 bridgehead atoms. The molecule has 0 radical (unpaired) electrons. The summed E-state index contributed by atoms with van der Waals surface area (Å²) in [5.74, 6) is 1.77. The Morgan fingerprint density at radius 1 is 1.00 bits per heavy atom. The molecule has 2 aromatic heterocycles. The van der Waals surface area contributed by atoms with Crippen LogP contribution in [-0.4, -0.2) is 34.6 Å². The molecule has 1 aliphatic heterocycles. The summed E-state index contributed by atoms with van der Waals surface area (Å²) in [5, 5.41) is 0. The van der Waals surface area contributed by atoms with Gasteiger partial charge < -0.3 is 9.64 Å². The summed E-state index contributed by atoms with van der Waals surface area (Å²) in [4.78, 5) is 16.1. The van der Waals surface area contributed by atoms with Crippen molar-refractivity contribution in [3.8, 4) is 0 Å². The zero-order valence-corrected chi connectivity index (χ0v) is 15.8. The number of anilines is 1. The fraction of sp³-hybridized carbons (Fsp3) is 0.318. The number of ether oxygens (including phenoxy) is 1. The Balaban J connectivity index is 1.52. The average molecular weight is 360 g/mol. The third-order valence-electron chi connectivity index (χ3n) is 4.73. The highest BCUT2D eigenvalue weighted by Crippen LogP contribution is 2.25. The van der Waals surface area contributed by atoms with Crippen LogP contribution >= 0.6 is 0 Å². The molecule has 0 saturated carbocycles. The largest absolute Gasteiger partial charge is 0.368 e. The fourth-order valence-electron chi connectivity index (χ4n) is 3.48. The predicted octanol–water partition coefficient (Wildman–Crippen LogP) is 3.66. The lowest BCUT2D eigenvalue weighted by molar-refractivity contribution is 0.0366. The lowest BCUT2D eigenvalue weighted by Crippen LogP contribution is -2.39. The Labute approximate surface area is 160 Å². The first-order chi connectivity index (χ1) is 13.2. The SMILES string of the molecule is Cc1cc(N2CCOC(c3cccc(Cc4ccccc4)n3)C2)nc(C)n1. The molecule has 1 fully saturated rings. The maximum absolute atomic E-state index is 6.03. The van der Waals surface area contributed by atoms with Crippen molar-refractivity contribution in [2.45, 2.75) is 26.4 Å². The van der Waals surface area contributed by atoms with Gasteiger partial charge in [0.15, 0.2) is 0 Å². The molecule has 1 atom stereocenters.